The molecule has 2 nitrogen and oxygen atoms in total. The average Bonchev–Trinajstić information content (AvgIpc) is 2.75. The van der Waals surface area contributed by atoms with Gasteiger partial charge in [-0.15, -0.1) is 0 Å². The van der Waals surface area contributed by atoms with Crippen LogP contribution in [-0.4, -0.2) is 17.3 Å². The monoisotopic (exact) mass is 377 g/mol. The predicted molar refractivity (Wildman–Crippen MR) is 76.5 cm³/mol. The van der Waals surface area contributed by atoms with Gasteiger partial charge in [-0.3, -0.25) is 4.79 Å². The number of rotatable bonds is 3. The largest absolute Gasteiger partial charge is 0.352 e. The van der Waals surface area contributed by atoms with Gasteiger partial charge < -0.3 is 5.32 Å². The van der Waals surface area contributed by atoms with Gasteiger partial charge in [0.2, 0.25) is 0 Å². The Hall–Kier alpha value is -0.420. The number of amides is 1. The smallest absolute Gasteiger partial charge is 0.254 e. The highest BCUT2D eigenvalue weighted by Crippen LogP contribution is 2.30. The Bertz CT molecular complexity index is 453. The van der Waals surface area contributed by atoms with E-state index in [2.05, 4.69) is 37.2 Å². The molecule has 0 saturated heterocycles. The Kier molecular flexibility index (Phi) is 4.78. The maximum atomic E-state index is 13.5. The molecule has 1 amide bonds. The Balaban J connectivity index is 1.97. The lowest BCUT2D eigenvalue weighted by atomic mass is 10.1. The zero-order chi connectivity index (χ0) is 13.1. The molecule has 0 aliphatic heterocycles. The second-order valence-electron chi connectivity index (χ2n) is 4.54. The van der Waals surface area contributed by atoms with Crippen LogP contribution in [0.5, 0.6) is 0 Å². The molecule has 1 aliphatic rings. The highest BCUT2D eigenvalue weighted by molar-refractivity contribution is 9.10. The summed E-state index contributed by atoms with van der Waals surface area (Å²) >= 11 is 6.84. The molecule has 0 aromatic heterocycles. The van der Waals surface area contributed by atoms with Gasteiger partial charge in [0.25, 0.3) is 5.91 Å². The average molecular weight is 379 g/mol. The minimum Gasteiger partial charge on any atom is -0.352 e. The van der Waals surface area contributed by atoms with E-state index in [0.29, 0.717) is 21.8 Å². The van der Waals surface area contributed by atoms with Crippen LogP contribution in [0.4, 0.5) is 4.39 Å². The number of carbonyl (C=O) groups excluding carboxylic acids is 1. The van der Waals surface area contributed by atoms with Gasteiger partial charge in [0.15, 0.2) is 0 Å². The minimum atomic E-state index is -0.488. The molecule has 98 valence electrons. The van der Waals surface area contributed by atoms with Crippen LogP contribution in [0.15, 0.2) is 22.7 Å². The lowest BCUT2D eigenvalue weighted by Gasteiger charge is -2.15. The van der Waals surface area contributed by atoms with Gasteiger partial charge in [-0.05, 0) is 37.0 Å². The van der Waals surface area contributed by atoms with Crippen LogP contribution < -0.4 is 5.32 Å². The highest BCUT2D eigenvalue weighted by atomic mass is 79.9. The van der Waals surface area contributed by atoms with Crippen LogP contribution in [0.1, 0.15) is 29.6 Å². The van der Waals surface area contributed by atoms with Gasteiger partial charge in [0.05, 0.1) is 5.56 Å². The second-order valence-corrected chi connectivity index (χ2v) is 6.63. The fraction of sp³-hybridized carbons (Fsp3) is 0.462. The van der Waals surface area contributed by atoms with Crippen molar-refractivity contribution in [3.05, 3.63) is 34.1 Å². The molecule has 0 bridgehead atoms. The molecule has 2 atom stereocenters. The van der Waals surface area contributed by atoms with Crippen molar-refractivity contribution >= 4 is 37.8 Å². The maximum Gasteiger partial charge on any atom is 0.254 e. The first-order valence-electron chi connectivity index (χ1n) is 5.95. The summed E-state index contributed by atoms with van der Waals surface area (Å²) in [5.74, 6) is -0.387. The van der Waals surface area contributed by atoms with Gasteiger partial charge in [0.1, 0.15) is 5.82 Å². The third-order valence-electron chi connectivity index (χ3n) is 3.26. The van der Waals surface area contributed by atoms with E-state index >= 15 is 0 Å². The van der Waals surface area contributed by atoms with Crippen molar-refractivity contribution in [3.63, 3.8) is 0 Å². The highest BCUT2D eigenvalue weighted by Gasteiger charge is 2.25. The van der Waals surface area contributed by atoms with E-state index in [1.54, 1.807) is 6.07 Å². The maximum absolute atomic E-state index is 13.5. The first-order valence-corrected chi connectivity index (χ1v) is 7.66. The van der Waals surface area contributed by atoms with Crippen molar-refractivity contribution in [1.29, 1.82) is 0 Å². The summed E-state index contributed by atoms with van der Waals surface area (Å²) in [6, 6.07) is 4.38. The fourth-order valence-electron chi connectivity index (χ4n) is 2.21. The second kappa shape index (κ2) is 6.15. The number of hydrogen-bond acceptors (Lipinski definition) is 1. The SMILES string of the molecule is O=C(NCC1CCCC1Br)c1cc(Br)ccc1F. The number of halogens is 3. The number of benzene rings is 1. The van der Waals surface area contributed by atoms with Crippen LogP contribution in [0.2, 0.25) is 0 Å². The summed E-state index contributed by atoms with van der Waals surface area (Å²) in [5, 5.41) is 2.81. The molecule has 5 heteroatoms. The van der Waals surface area contributed by atoms with Crippen LogP contribution in [-0.2, 0) is 0 Å². The first-order chi connectivity index (χ1) is 8.58. The number of carbonyl (C=O) groups is 1. The molecule has 1 N–H and O–H groups in total. The fourth-order valence-corrected chi connectivity index (χ4v) is 3.35. The van der Waals surface area contributed by atoms with E-state index in [-0.39, 0.29) is 11.5 Å². The normalized spacial score (nSPS) is 23.1. The number of alkyl halides is 1. The van der Waals surface area contributed by atoms with E-state index in [1.165, 1.54) is 18.6 Å². The van der Waals surface area contributed by atoms with Crippen LogP contribution >= 0.6 is 31.9 Å². The van der Waals surface area contributed by atoms with Gasteiger partial charge in [0, 0.05) is 15.8 Å². The van der Waals surface area contributed by atoms with Crippen LogP contribution in [0.3, 0.4) is 0 Å². The summed E-state index contributed by atoms with van der Waals surface area (Å²) in [6.45, 7) is 0.598. The molecule has 0 radical (unpaired) electrons. The van der Waals surface area contributed by atoms with Crippen molar-refractivity contribution in [2.24, 2.45) is 5.92 Å². The zero-order valence-corrected chi connectivity index (χ0v) is 12.9. The standard InChI is InChI=1S/C13H14Br2FNO/c14-9-4-5-12(16)10(6-9)13(18)17-7-8-2-1-3-11(8)15/h4-6,8,11H,1-3,7H2,(H,17,18). The molecule has 0 heterocycles. The van der Waals surface area contributed by atoms with E-state index in [0.717, 1.165) is 12.8 Å². The Labute approximate surface area is 123 Å². The summed E-state index contributed by atoms with van der Waals surface area (Å²) < 4.78 is 14.2. The topological polar surface area (TPSA) is 29.1 Å². The molecule has 2 rings (SSSR count). The van der Waals surface area contributed by atoms with E-state index in [9.17, 15) is 9.18 Å². The third kappa shape index (κ3) is 3.32. The molecule has 1 aromatic carbocycles. The molecule has 1 aliphatic carbocycles. The van der Waals surface area contributed by atoms with Crippen molar-refractivity contribution in [2.75, 3.05) is 6.54 Å². The lowest BCUT2D eigenvalue weighted by Crippen LogP contribution is -2.31. The van der Waals surface area contributed by atoms with E-state index in [4.69, 9.17) is 0 Å². The summed E-state index contributed by atoms with van der Waals surface area (Å²) in [6.07, 6.45) is 3.44. The van der Waals surface area contributed by atoms with Crippen molar-refractivity contribution in [1.82, 2.24) is 5.32 Å². The van der Waals surface area contributed by atoms with Crippen molar-refractivity contribution in [3.8, 4) is 0 Å². The molecule has 0 spiro atoms. The predicted octanol–water partition coefficient (Wildman–Crippen LogP) is 3.88. The quantitative estimate of drug-likeness (QED) is 0.794. The number of nitrogens with one attached hydrogen (secondary N) is 1. The lowest BCUT2D eigenvalue weighted by molar-refractivity contribution is 0.0943. The first kappa shape index (κ1) is 14.0. The summed E-state index contributed by atoms with van der Waals surface area (Å²) in [4.78, 5) is 12.4. The van der Waals surface area contributed by atoms with Gasteiger partial charge in [-0.25, -0.2) is 4.39 Å². The van der Waals surface area contributed by atoms with Crippen LogP contribution in [0.25, 0.3) is 0 Å². The van der Waals surface area contributed by atoms with Crippen molar-refractivity contribution < 1.29 is 9.18 Å². The van der Waals surface area contributed by atoms with Crippen molar-refractivity contribution in [2.45, 2.75) is 24.1 Å². The van der Waals surface area contributed by atoms with Crippen LogP contribution in [0, 0.1) is 11.7 Å². The molecule has 1 fully saturated rings. The molecule has 18 heavy (non-hydrogen) atoms. The summed E-state index contributed by atoms with van der Waals surface area (Å²) in [5.41, 5.74) is 0.0912. The minimum absolute atomic E-state index is 0.0912. The molecule has 1 saturated carbocycles. The molecular formula is C13H14Br2FNO. The van der Waals surface area contributed by atoms with E-state index < -0.39 is 5.82 Å². The van der Waals surface area contributed by atoms with Gasteiger partial charge in [-0.1, -0.05) is 38.3 Å². The number of hydrogen-bond donors (Lipinski definition) is 1. The Morgan fingerprint density at radius 3 is 2.89 bits per heavy atom. The molecule has 2 unspecified atom stereocenters. The van der Waals surface area contributed by atoms with E-state index in [1.807, 2.05) is 0 Å². The van der Waals surface area contributed by atoms with Gasteiger partial charge >= 0.3 is 0 Å². The Morgan fingerprint density at radius 2 is 2.22 bits per heavy atom. The molecular weight excluding hydrogens is 365 g/mol. The zero-order valence-electron chi connectivity index (χ0n) is 9.76. The Morgan fingerprint density at radius 1 is 1.44 bits per heavy atom. The summed E-state index contributed by atoms with van der Waals surface area (Å²) in [7, 11) is 0. The third-order valence-corrected chi connectivity index (χ3v) is 4.96. The van der Waals surface area contributed by atoms with Gasteiger partial charge in [-0.2, -0.15) is 0 Å². The molecule has 1 aromatic rings.